The van der Waals surface area contributed by atoms with Gasteiger partial charge in [0.15, 0.2) is 5.11 Å². The van der Waals surface area contributed by atoms with Crippen LogP contribution in [0.2, 0.25) is 0 Å². The first-order valence-corrected chi connectivity index (χ1v) is 7.10. The number of hydrogen-bond acceptors (Lipinski definition) is 3. The van der Waals surface area contributed by atoms with Crippen molar-refractivity contribution in [3.63, 3.8) is 0 Å². The van der Waals surface area contributed by atoms with E-state index < -0.39 is 0 Å². The van der Waals surface area contributed by atoms with Gasteiger partial charge in [0, 0.05) is 19.8 Å². The van der Waals surface area contributed by atoms with Crippen LogP contribution < -0.4 is 5.32 Å². The van der Waals surface area contributed by atoms with Gasteiger partial charge in [-0.1, -0.05) is 30.3 Å². The third-order valence-corrected chi connectivity index (χ3v) is 3.27. The molecule has 1 aromatic rings. The number of ether oxygens (including phenoxy) is 1. The Kier molecular flexibility index (Phi) is 5.26. The van der Waals surface area contributed by atoms with Gasteiger partial charge in [0.05, 0.1) is 0 Å². The molecule has 20 heavy (non-hydrogen) atoms. The molecule has 1 saturated heterocycles. The molecule has 1 N–H and O–H groups in total. The first-order valence-electron chi connectivity index (χ1n) is 6.69. The maximum Gasteiger partial charge on any atom is 0.276 e. The molecule has 1 aromatic carbocycles. The number of amides is 1. The minimum Gasteiger partial charge on any atom is -0.382 e. The molecule has 0 bridgehead atoms. The Bertz CT molecular complexity index is 514. The molecule has 1 fully saturated rings. The first kappa shape index (κ1) is 14.7. The highest BCUT2D eigenvalue weighted by Crippen LogP contribution is 2.14. The Hall–Kier alpha value is -1.72. The zero-order valence-corrected chi connectivity index (χ0v) is 12.3. The van der Waals surface area contributed by atoms with E-state index in [1.165, 1.54) is 0 Å². The maximum atomic E-state index is 12.3. The average molecular weight is 290 g/mol. The topological polar surface area (TPSA) is 41.6 Å². The van der Waals surface area contributed by atoms with Crippen molar-refractivity contribution in [3.8, 4) is 0 Å². The lowest BCUT2D eigenvalue weighted by Crippen LogP contribution is -2.32. The summed E-state index contributed by atoms with van der Waals surface area (Å²) in [6, 6.07) is 9.70. The third-order valence-electron chi connectivity index (χ3n) is 2.95. The van der Waals surface area contributed by atoms with E-state index in [1.54, 1.807) is 4.90 Å². The summed E-state index contributed by atoms with van der Waals surface area (Å²) in [5.41, 5.74) is 1.50. The Morgan fingerprint density at radius 2 is 2.10 bits per heavy atom. The van der Waals surface area contributed by atoms with Gasteiger partial charge in [-0.2, -0.15) is 0 Å². The number of nitrogens with one attached hydrogen (secondary N) is 1. The highest BCUT2D eigenvalue weighted by molar-refractivity contribution is 7.80. The van der Waals surface area contributed by atoms with Crippen molar-refractivity contribution in [1.82, 2.24) is 10.2 Å². The highest BCUT2D eigenvalue weighted by Gasteiger charge is 2.29. The standard InChI is InChI=1S/C15H18N2O2S/c1-2-19-10-6-9-17-14(18)13(16-15(17)20)11-12-7-4-3-5-8-12/h3-5,7-8,11H,2,6,9-10H2,1H3,(H,16,20). The minimum atomic E-state index is -0.0737. The van der Waals surface area contributed by atoms with Gasteiger partial charge >= 0.3 is 0 Å². The SMILES string of the molecule is CCOCCCN1C(=O)C(=Cc2ccccc2)NC1=S. The summed E-state index contributed by atoms with van der Waals surface area (Å²) in [7, 11) is 0. The molecule has 0 unspecified atom stereocenters. The fourth-order valence-electron chi connectivity index (χ4n) is 1.96. The number of carbonyl (C=O) groups excluding carboxylic acids is 1. The van der Waals surface area contributed by atoms with Crippen molar-refractivity contribution < 1.29 is 9.53 Å². The fourth-order valence-corrected chi connectivity index (χ4v) is 2.24. The molecule has 0 aliphatic carbocycles. The van der Waals surface area contributed by atoms with Crippen molar-refractivity contribution >= 4 is 29.3 Å². The predicted molar refractivity (Wildman–Crippen MR) is 83.0 cm³/mol. The average Bonchev–Trinajstić information content (AvgIpc) is 2.72. The number of hydrogen-bond donors (Lipinski definition) is 1. The van der Waals surface area contributed by atoms with Crippen LogP contribution in [0.4, 0.5) is 0 Å². The fraction of sp³-hybridized carbons (Fsp3) is 0.333. The van der Waals surface area contributed by atoms with Crippen molar-refractivity contribution in [2.45, 2.75) is 13.3 Å². The van der Waals surface area contributed by atoms with Gasteiger partial charge < -0.3 is 10.1 Å². The molecule has 0 aromatic heterocycles. The van der Waals surface area contributed by atoms with Gasteiger partial charge in [0.1, 0.15) is 5.70 Å². The molecule has 0 atom stereocenters. The van der Waals surface area contributed by atoms with Crippen LogP contribution in [-0.2, 0) is 9.53 Å². The molecular formula is C15H18N2O2S. The molecule has 1 aliphatic rings. The van der Waals surface area contributed by atoms with Crippen molar-refractivity contribution in [1.29, 1.82) is 0 Å². The second-order valence-electron chi connectivity index (χ2n) is 4.41. The predicted octanol–water partition coefficient (Wildman–Crippen LogP) is 2.17. The smallest absolute Gasteiger partial charge is 0.276 e. The van der Waals surface area contributed by atoms with E-state index in [1.807, 2.05) is 43.3 Å². The van der Waals surface area contributed by atoms with Crippen LogP contribution in [0, 0.1) is 0 Å². The third kappa shape index (κ3) is 3.65. The van der Waals surface area contributed by atoms with Gasteiger partial charge in [0.2, 0.25) is 0 Å². The van der Waals surface area contributed by atoms with Gasteiger partial charge in [-0.25, -0.2) is 0 Å². The molecular weight excluding hydrogens is 272 g/mol. The number of rotatable bonds is 6. The lowest BCUT2D eigenvalue weighted by atomic mass is 10.2. The quantitative estimate of drug-likeness (QED) is 0.495. The van der Waals surface area contributed by atoms with E-state index in [0.29, 0.717) is 30.6 Å². The monoisotopic (exact) mass is 290 g/mol. The summed E-state index contributed by atoms with van der Waals surface area (Å²) in [4.78, 5) is 13.8. The maximum absolute atomic E-state index is 12.3. The van der Waals surface area contributed by atoms with E-state index in [4.69, 9.17) is 17.0 Å². The minimum absolute atomic E-state index is 0.0737. The molecule has 2 rings (SSSR count). The van der Waals surface area contributed by atoms with Crippen LogP contribution in [0.5, 0.6) is 0 Å². The molecule has 106 valence electrons. The lowest BCUT2D eigenvalue weighted by Gasteiger charge is -2.13. The highest BCUT2D eigenvalue weighted by atomic mass is 32.1. The van der Waals surface area contributed by atoms with Gasteiger partial charge in [-0.05, 0) is 37.2 Å². The zero-order valence-electron chi connectivity index (χ0n) is 11.5. The van der Waals surface area contributed by atoms with Gasteiger partial charge in [-0.3, -0.25) is 9.69 Å². The van der Waals surface area contributed by atoms with Crippen LogP contribution in [0.15, 0.2) is 36.0 Å². The number of nitrogens with zero attached hydrogens (tertiary/aromatic N) is 1. The number of benzene rings is 1. The van der Waals surface area contributed by atoms with Crippen LogP contribution in [-0.4, -0.2) is 35.7 Å². The van der Waals surface area contributed by atoms with Crippen molar-refractivity contribution in [2.24, 2.45) is 0 Å². The number of carbonyl (C=O) groups is 1. The van der Waals surface area contributed by atoms with Crippen molar-refractivity contribution in [2.75, 3.05) is 19.8 Å². The zero-order chi connectivity index (χ0) is 14.4. The van der Waals surface area contributed by atoms with Crippen LogP contribution in [0.1, 0.15) is 18.9 Å². The second-order valence-corrected chi connectivity index (χ2v) is 4.79. The molecule has 1 heterocycles. The normalized spacial score (nSPS) is 16.9. The molecule has 0 saturated carbocycles. The first-order chi connectivity index (χ1) is 9.72. The molecule has 5 heteroatoms. The summed E-state index contributed by atoms with van der Waals surface area (Å²) >= 11 is 5.20. The Morgan fingerprint density at radius 3 is 2.80 bits per heavy atom. The Morgan fingerprint density at radius 1 is 1.35 bits per heavy atom. The summed E-state index contributed by atoms with van der Waals surface area (Å²) in [5.74, 6) is -0.0737. The van der Waals surface area contributed by atoms with E-state index in [0.717, 1.165) is 12.0 Å². The summed E-state index contributed by atoms with van der Waals surface area (Å²) < 4.78 is 5.27. The van der Waals surface area contributed by atoms with E-state index in [-0.39, 0.29) is 5.91 Å². The Balaban J connectivity index is 2.00. The van der Waals surface area contributed by atoms with Crippen LogP contribution in [0.3, 0.4) is 0 Å². The summed E-state index contributed by atoms with van der Waals surface area (Å²) in [6.07, 6.45) is 2.59. The van der Waals surface area contributed by atoms with Crippen molar-refractivity contribution in [3.05, 3.63) is 41.6 Å². The largest absolute Gasteiger partial charge is 0.382 e. The van der Waals surface area contributed by atoms with Gasteiger partial charge in [-0.15, -0.1) is 0 Å². The molecule has 1 amide bonds. The van der Waals surface area contributed by atoms with E-state index in [2.05, 4.69) is 5.32 Å². The van der Waals surface area contributed by atoms with Crippen LogP contribution >= 0.6 is 12.2 Å². The second kappa shape index (κ2) is 7.17. The number of thiocarbonyl (C=S) groups is 1. The molecule has 1 aliphatic heterocycles. The molecule has 0 radical (unpaired) electrons. The molecule has 0 spiro atoms. The molecule has 4 nitrogen and oxygen atoms in total. The lowest BCUT2D eigenvalue weighted by molar-refractivity contribution is -0.122. The summed E-state index contributed by atoms with van der Waals surface area (Å²) in [6.45, 7) is 3.86. The van der Waals surface area contributed by atoms with Gasteiger partial charge in [0.25, 0.3) is 5.91 Å². The van der Waals surface area contributed by atoms with E-state index in [9.17, 15) is 4.79 Å². The van der Waals surface area contributed by atoms with E-state index >= 15 is 0 Å². The Labute approximate surface area is 124 Å². The van der Waals surface area contributed by atoms with Crippen LogP contribution in [0.25, 0.3) is 6.08 Å². The summed E-state index contributed by atoms with van der Waals surface area (Å²) in [5, 5.41) is 3.44.